The Bertz CT molecular complexity index is 553. The first-order valence-electron chi connectivity index (χ1n) is 6.60. The molecular weight excluding hydrogens is 246 g/mol. The number of aryl methyl sites for hydroxylation is 1. The molecule has 0 aromatic carbocycles. The number of fused-ring (bicyclic) bond motifs is 1. The molecule has 3 rings (SSSR count). The summed E-state index contributed by atoms with van der Waals surface area (Å²) in [5.41, 5.74) is 2.24. The summed E-state index contributed by atoms with van der Waals surface area (Å²) in [7, 11) is 0. The molecule has 1 saturated heterocycles. The normalized spacial score (nSPS) is 21.1. The Kier molecular flexibility index (Phi) is 3.27. The predicted octanol–water partition coefficient (Wildman–Crippen LogP) is 3.15. The van der Waals surface area contributed by atoms with Gasteiger partial charge in [0.1, 0.15) is 5.82 Å². The SMILES string of the molecule is Cc1ccn2c(C3CCCCNC3)nc(Cl)c2c1. The monoisotopic (exact) mass is 263 g/mol. The van der Waals surface area contributed by atoms with E-state index in [2.05, 4.69) is 40.0 Å². The molecule has 1 aliphatic heterocycles. The molecule has 0 saturated carbocycles. The van der Waals surface area contributed by atoms with Crippen LogP contribution in [0.25, 0.3) is 5.52 Å². The van der Waals surface area contributed by atoms with Crippen molar-refractivity contribution in [2.24, 2.45) is 0 Å². The van der Waals surface area contributed by atoms with Crippen molar-refractivity contribution in [3.05, 3.63) is 34.9 Å². The van der Waals surface area contributed by atoms with Crippen molar-refractivity contribution in [3.63, 3.8) is 0 Å². The maximum absolute atomic E-state index is 6.26. The van der Waals surface area contributed by atoms with E-state index in [1.165, 1.54) is 24.8 Å². The Morgan fingerprint density at radius 2 is 2.33 bits per heavy atom. The minimum Gasteiger partial charge on any atom is -0.316 e. The maximum Gasteiger partial charge on any atom is 0.155 e. The Morgan fingerprint density at radius 1 is 1.44 bits per heavy atom. The third kappa shape index (κ3) is 2.13. The van der Waals surface area contributed by atoms with Gasteiger partial charge in [-0.25, -0.2) is 4.98 Å². The van der Waals surface area contributed by atoms with Crippen molar-refractivity contribution in [2.75, 3.05) is 13.1 Å². The standard InChI is InChI=1S/C14H18ClN3/c1-10-5-7-18-12(8-10)13(15)17-14(18)11-4-2-3-6-16-9-11/h5,7-8,11,16H,2-4,6,9H2,1H3. The quantitative estimate of drug-likeness (QED) is 0.856. The van der Waals surface area contributed by atoms with Gasteiger partial charge in [-0.15, -0.1) is 0 Å². The van der Waals surface area contributed by atoms with Gasteiger partial charge in [0.25, 0.3) is 0 Å². The van der Waals surface area contributed by atoms with Crippen LogP contribution in [-0.4, -0.2) is 22.5 Å². The predicted molar refractivity (Wildman–Crippen MR) is 74.4 cm³/mol. The van der Waals surface area contributed by atoms with Crippen LogP contribution >= 0.6 is 11.6 Å². The average molecular weight is 264 g/mol. The third-order valence-corrected chi connectivity index (χ3v) is 3.97. The third-order valence-electron chi connectivity index (χ3n) is 3.69. The second-order valence-corrected chi connectivity index (χ2v) is 5.47. The smallest absolute Gasteiger partial charge is 0.155 e. The van der Waals surface area contributed by atoms with Crippen molar-refractivity contribution < 1.29 is 0 Å². The van der Waals surface area contributed by atoms with Gasteiger partial charge in [0.2, 0.25) is 0 Å². The molecular formula is C14H18ClN3. The topological polar surface area (TPSA) is 29.3 Å². The molecule has 0 bridgehead atoms. The second kappa shape index (κ2) is 4.90. The minimum absolute atomic E-state index is 0.468. The molecule has 2 aromatic rings. The van der Waals surface area contributed by atoms with Gasteiger partial charge in [0.15, 0.2) is 5.15 Å². The number of pyridine rings is 1. The van der Waals surface area contributed by atoms with Crippen LogP contribution in [-0.2, 0) is 0 Å². The van der Waals surface area contributed by atoms with E-state index in [9.17, 15) is 0 Å². The lowest BCUT2D eigenvalue weighted by Crippen LogP contribution is -2.20. The summed E-state index contributed by atoms with van der Waals surface area (Å²) in [6.45, 7) is 4.20. The van der Waals surface area contributed by atoms with Gasteiger partial charge in [-0.05, 0) is 44.0 Å². The molecule has 0 amide bonds. The summed E-state index contributed by atoms with van der Waals surface area (Å²) in [5, 5.41) is 4.11. The van der Waals surface area contributed by atoms with E-state index in [1.807, 2.05) is 0 Å². The van der Waals surface area contributed by atoms with Crippen molar-refractivity contribution in [2.45, 2.75) is 32.1 Å². The number of rotatable bonds is 1. The largest absolute Gasteiger partial charge is 0.316 e. The summed E-state index contributed by atoms with van der Waals surface area (Å²) in [6.07, 6.45) is 5.79. The highest BCUT2D eigenvalue weighted by Crippen LogP contribution is 2.27. The average Bonchev–Trinajstić information content (AvgIpc) is 2.58. The van der Waals surface area contributed by atoms with E-state index in [1.54, 1.807) is 0 Å². The van der Waals surface area contributed by atoms with Gasteiger partial charge in [0.05, 0.1) is 5.52 Å². The summed E-state index contributed by atoms with van der Waals surface area (Å²) in [4.78, 5) is 4.58. The highest BCUT2D eigenvalue weighted by Gasteiger charge is 2.20. The number of imidazole rings is 1. The summed E-state index contributed by atoms with van der Waals surface area (Å²) >= 11 is 6.26. The van der Waals surface area contributed by atoms with Gasteiger partial charge in [0, 0.05) is 18.7 Å². The molecule has 1 N–H and O–H groups in total. The second-order valence-electron chi connectivity index (χ2n) is 5.12. The first kappa shape index (κ1) is 12.0. The van der Waals surface area contributed by atoms with E-state index < -0.39 is 0 Å². The first-order valence-corrected chi connectivity index (χ1v) is 6.98. The molecule has 1 unspecified atom stereocenters. The fourth-order valence-corrected chi connectivity index (χ4v) is 2.94. The van der Waals surface area contributed by atoms with Gasteiger partial charge in [-0.3, -0.25) is 0 Å². The Balaban J connectivity index is 2.05. The fraction of sp³-hybridized carbons (Fsp3) is 0.500. The van der Waals surface area contributed by atoms with E-state index in [-0.39, 0.29) is 0 Å². The Hall–Kier alpha value is -1.06. The number of hydrogen-bond acceptors (Lipinski definition) is 2. The Labute approximate surface area is 112 Å². The summed E-state index contributed by atoms with van der Waals surface area (Å²) in [6, 6.07) is 4.21. The van der Waals surface area contributed by atoms with Crippen LogP contribution in [0.4, 0.5) is 0 Å². The number of nitrogens with zero attached hydrogens (tertiary/aromatic N) is 2. The van der Waals surface area contributed by atoms with Gasteiger partial charge >= 0.3 is 0 Å². The molecule has 0 aliphatic carbocycles. The molecule has 1 fully saturated rings. The molecule has 2 aromatic heterocycles. The van der Waals surface area contributed by atoms with Gasteiger partial charge < -0.3 is 9.72 Å². The van der Waals surface area contributed by atoms with Gasteiger partial charge in [-0.1, -0.05) is 18.0 Å². The summed E-state index contributed by atoms with van der Waals surface area (Å²) < 4.78 is 2.15. The molecule has 96 valence electrons. The number of hydrogen-bond donors (Lipinski definition) is 1. The number of nitrogens with one attached hydrogen (secondary N) is 1. The fourth-order valence-electron chi connectivity index (χ4n) is 2.70. The molecule has 1 aliphatic rings. The highest BCUT2D eigenvalue weighted by molar-refractivity contribution is 6.32. The molecule has 4 heteroatoms. The molecule has 18 heavy (non-hydrogen) atoms. The van der Waals surface area contributed by atoms with Crippen LogP contribution in [0.3, 0.4) is 0 Å². The van der Waals surface area contributed by atoms with Crippen LogP contribution in [0, 0.1) is 6.92 Å². The van der Waals surface area contributed by atoms with Crippen LogP contribution in [0.5, 0.6) is 0 Å². The van der Waals surface area contributed by atoms with E-state index in [0.29, 0.717) is 11.1 Å². The first-order chi connectivity index (χ1) is 8.75. The van der Waals surface area contributed by atoms with Crippen LogP contribution in [0.1, 0.15) is 36.6 Å². The van der Waals surface area contributed by atoms with Crippen LogP contribution in [0.2, 0.25) is 5.15 Å². The highest BCUT2D eigenvalue weighted by atomic mass is 35.5. The molecule has 0 spiro atoms. The van der Waals surface area contributed by atoms with Crippen molar-refractivity contribution in [3.8, 4) is 0 Å². The molecule has 3 heterocycles. The van der Waals surface area contributed by atoms with Crippen molar-refractivity contribution in [1.29, 1.82) is 0 Å². The summed E-state index contributed by atoms with van der Waals surface area (Å²) in [5.74, 6) is 1.57. The maximum atomic E-state index is 6.26. The number of halogens is 1. The molecule has 0 radical (unpaired) electrons. The van der Waals surface area contributed by atoms with E-state index in [0.717, 1.165) is 24.4 Å². The van der Waals surface area contributed by atoms with Crippen molar-refractivity contribution >= 4 is 17.1 Å². The lowest BCUT2D eigenvalue weighted by Gasteiger charge is -2.13. The van der Waals surface area contributed by atoms with E-state index >= 15 is 0 Å². The lowest BCUT2D eigenvalue weighted by atomic mass is 10.0. The zero-order valence-electron chi connectivity index (χ0n) is 10.6. The number of aromatic nitrogens is 2. The van der Waals surface area contributed by atoms with Crippen molar-refractivity contribution in [1.82, 2.24) is 14.7 Å². The lowest BCUT2D eigenvalue weighted by molar-refractivity contribution is 0.576. The zero-order valence-corrected chi connectivity index (χ0v) is 11.4. The van der Waals surface area contributed by atoms with Crippen LogP contribution < -0.4 is 5.32 Å². The van der Waals surface area contributed by atoms with E-state index in [4.69, 9.17) is 11.6 Å². The zero-order chi connectivity index (χ0) is 12.5. The van der Waals surface area contributed by atoms with Crippen LogP contribution in [0.15, 0.2) is 18.3 Å². The van der Waals surface area contributed by atoms with Gasteiger partial charge in [-0.2, -0.15) is 0 Å². The molecule has 3 nitrogen and oxygen atoms in total. The molecule has 1 atom stereocenters. The minimum atomic E-state index is 0.468. The Morgan fingerprint density at radius 3 is 3.22 bits per heavy atom.